The van der Waals surface area contributed by atoms with Gasteiger partial charge in [-0.05, 0) is 79.3 Å². The summed E-state index contributed by atoms with van der Waals surface area (Å²) in [4.78, 5) is 59.2. The fraction of sp³-hybridized carbons (Fsp3) is 0.359. The van der Waals surface area contributed by atoms with E-state index in [9.17, 15) is 24.3 Å². The van der Waals surface area contributed by atoms with E-state index < -0.39 is 31.5 Å². The van der Waals surface area contributed by atoms with Gasteiger partial charge in [-0.3, -0.25) is 19.3 Å². The Labute approximate surface area is 300 Å². The number of halogens is 1. The van der Waals surface area contributed by atoms with E-state index in [2.05, 4.69) is 15.9 Å². The lowest BCUT2D eigenvalue weighted by molar-refractivity contribution is -0.150. The minimum atomic E-state index is -2.98. The van der Waals surface area contributed by atoms with Crippen molar-refractivity contribution in [3.05, 3.63) is 100 Å². The summed E-state index contributed by atoms with van der Waals surface area (Å²) in [6.45, 7) is 6.39. The summed E-state index contributed by atoms with van der Waals surface area (Å²) in [5, 5.41) is 11.8. The van der Waals surface area contributed by atoms with Gasteiger partial charge in [0.15, 0.2) is 13.9 Å². The maximum atomic E-state index is 15.0. The van der Waals surface area contributed by atoms with Gasteiger partial charge in [0.2, 0.25) is 5.91 Å². The van der Waals surface area contributed by atoms with Crippen LogP contribution in [-0.4, -0.2) is 66.1 Å². The van der Waals surface area contributed by atoms with E-state index in [0.717, 1.165) is 39.3 Å². The van der Waals surface area contributed by atoms with Crippen molar-refractivity contribution < 1.29 is 29.0 Å². The molecule has 5 atom stereocenters. The molecular formula is C39H40BrN3O6Si. The van der Waals surface area contributed by atoms with E-state index in [1.807, 2.05) is 98.9 Å². The summed E-state index contributed by atoms with van der Waals surface area (Å²) >= 11 is 3.62. The molecular weight excluding hydrogens is 714 g/mol. The molecule has 4 aromatic rings. The zero-order chi connectivity index (χ0) is 35.1. The molecule has 0 radical (unpaired) electrons. The number of aliphatic hydroxyl groups is 1. The van der Waals surface area contributed by atoms with Gasteiger partial charge in [0.05, 0.1) is 48.7 Å². The lowest BCUT2D eigenvalue weighted by Gasteiger charge is -2.33. The molecule has 0 aromatic heterocycles. The average molecular weight is 755 g/mol. The number of fused-ring (bicyclic) bond motifs is 2. The van der Waals surface area contributed by atoms with Crippen molar-refractivity contribution in [2.75, 3.05) is 23.0 Å². The molecule has 4 aliphatic heterocycles. The molecule has 8 rings (SSSR count). The Bertz CT molecular complexity index is 2060. The number of anilines is 3. The summed E-state index contributed by atoms with van der Waals surface area (Å²) in [7, 11) is -2.98. The van der Waals surface area contributed by atoms with Gasteiger partial charge >= 0.3 is 0 Å². The van der Waals surface area contributed by atoms with Crippen molar-refractivity contribution in [2.24, 2.45) is 5.92 Å². The minimum Gasteiger partial charge on any atom is -0.432 e. The molecule has 50 heavy (non-hydrogen) atoms. The lowest BCUT2D eigenvalue weighted by Crippen LogP contribution is -2.46. The molecule has 11 heteroatoms. The van der Waals surface area contributed by atoms with Crippen LogP contribution in [0, 0.1) is 5.92 Å². The van der Waals surface area contributed by atoms with Gasteiger partial charge in [0, 0.05) is 39.1 Å². The van der Waals surface area contributed by atoms with Crippen molar-refractivity contribution in [3.63, 3.8) is 0 Å². The molecule has 4 aromatic carbocycles. The van der Waals surface area contributed by atoms with Crippen molar-refractivity contribution in [1.29, 1.82) is 0 Å². The van der Waals surface area contributed by atoms with Gasteiger partial charge in [-0.15, -0.1) is 0 Å². The second kappa shape index (κ2) is 12.1. The van der Waals surface area contributed by atoms with Crippen LogP contribution in [0.2, 0.25) is 18.6 Å². The Balaban J connectivity index is 1.14. The van der Waals surface area contributed by atoms with E-state index in [0.29, 0.717) is 29.0 Å². The van der Waals surface area contributed by atoms with Gasteiger partial charge in [0.25, 0.3) is 11.8 Å². The second-order valence-corrected chi connectivity index (χ2v) is 19.6. The number of ether oxygens (including phenoxy) is 1. The highest BCUT2D eigenvalue weighted by molar-refractivity contribution is 9.10. The number of likely N-dealkylation sites (tertiary alicyclic amines) is 1. The maximum absolute atomic E-state index is 15.0. The average Bonchev–Trinajstić information content (AvgIpc) is 3.81. The fourth-order valence-corrected chi connectivity index (χ4v) is 12.1. The maximum Gasteiger partial charge on any atom is 0.264 e. The molecule has 3 amide bonds. The van der Waals surface area contributed by atoms with Crippen molar-refractivity contribution >= 4 is 69.8 Å². The van der Waals surface area contributed by atoms with Crippen LogP contribution in [-0.2, 0) is 26.5 Å². The Morgan fingerprint density at radius 2 is 1.78 bits per heavy atom. The SMILES string of the molecule is C[C@H]1[C@H]([Si](C)(C)O)[C@@H](CC(=O)N2CCC[C@H]2CO)O[C@]12C(=O)N(Cc1cccc(N3C(=O)c4cccc5cccc3c45)c1)c1ccc(Br)cc12. The standard InChI is InChI=1S/C39H40BrN3O6Si/c1-23-36(50(2,3)48)33(20-34(45)41-17-7-12-28(41)22-44)49-39(23)30-19-26(40)15-16-31(30)42(38(39)47)21-24-8-4-11-27(18-24)43-32-14-6-10-25-9-5-13-29(35(25)32)37(43)46/h4-6,8-11,13-16,18-19,23,28,33,36,44,48H,7,12,17,20-22H2,1-3H3/t23-,28-,33+,36-,39+/m0/s1. The van der Waals surface area contributed by atoms with Crippen molar-refractivity contribution in [3.8, 4) is 0 Å². The van der Waals surface area contributed by atoms with Gasteiger partial charge < -0.3 is 24.4 Å². The van der Waals surface area contributed by atoms with Crippen molar-refractivity contribution in [2.45, 2.75) is 69.1 Å². The lowest BCUT2D eigenvalue weighted by atomic mass is 9.82. The minimum absolute atomic E-state index is 0.0297. The first kappa shape index (κ1) is 33.3. The number of amides is 3. The van der Waals surface area contributed by atoms with E-state index in [4.69, 9.17) is 4.74 Å². The molecule has 0 saturated carbocycles. The van der Waals surface area contributed by atoms with Gasteiger partial charge in [-0.2, -0.15) is 0 Å². The highest BCUT2D eigenvalue weighted by atomic mass is 79.9. The van der Waals surface area contributed by atoms with Crippen LogP contribution in [0.3, 0.4) is 0 Å². The molecule has 2 N–H and O–H groups in total. The largest absolute Gasteiger partial charge is 0.432 e. The predicted octanol–water partition coefficient (Wildman–Crippen LogP) is 6.61. The van der Waals surface area contributed by atoms with Crippen LogP contribution in [0.1, 0.15) is 47.7 Å². The molecule has 0 aliphatic carbocycles. The number of rotatable bonds is 7. The molecule has 0 bridgehead atoms. The van der Waals surface area contributed by atoms with Gasteiger partial charge in [-0.25, -0.2) is 0 Å². The first-order valence-electron chi connectivity index (χ1n) is 17.3. The van der Waals surface area contributed by atoms with Crippen LogP contribution in [0.25, 0.3) is 10.8 Å². The topological polar surface area (TPSA) is 111 Å². The van der Waals surface area contributed by atoms with Gasteiger partial charge in [0.1, 0.15) is 0 Å². The predicted molar refractivity (Wildman–Crippen MR) is 198 cm³/mol. The fourth-order valence-electron chi connectivity index (χ4n) is 9.20. The smallest absolute Gasteiger partial charge is 0.264 e. The number of carbonyl (C=O) groups is 3. The molecule has 0 unspecified atom stereocenters. The molecule has 9 nitrogen and oxygen atoms in total. The normalized spacial score (nSPS) is 25.8. The molecule has 258 valence electrons. The summed E-state index contributed by atoms with van der Waals surface area (Å²) in [6, 6.07) is 25.0. The molecule has 2 saturated heterocycles. The van der Waals surface area contributed by atoms with Crippen LogP contribution in [0.4, 0.5) is 17.1 Å². The Morgan fingerprint density at radius 1 is 1.02 bits per heavy atom. The first-order valence-corrected chi connectivity index (χ1v) is 21.1. The molecule has 4 heterocycles. The number of hydrogen-bond acceptors (Lipinski definition) is 6. The van der Waals surface area contributed by atoms with Crippen LogP contribution in [0.15, 0.2) is 83.3 Å². The van der Waals surface area contributed by atoms with E-state index >= 15 is 0 Å². The molecule has 2 fully saturated rings. The number of carbonyl (C=O) groups excluding carboxylic acids is 3. The first-order chi connectivity index (χ1) is 23.9. The number of nitrogens with zero attached hydrogens (tertiary/aromatic N) is 3. The highest BCUT2D eigenvalue weighted by Gasteiger charge is 2.66. The zero-order valence-electron chi connectivity index (χ0n) is 28.3. The third-order valence-electron chi connectivity index (χ3n) is 11.3. The monoisotopic (exact) mass is 753 g/mol. The third-order valence-corrected chi connectivity index (χ3v) is 14.3. The summed E-state index contributed by atoms with van der Waals surface area (Å²) in [6.07, 6.45) is 0.940. The quantitative estimate of drug-likeness (QED) is 0.206. The number of benzene rings is 4. The van der Waals surface area contributed by atoms with Crippen LogP contribution < -0.4 is 9.80 Å². The zero-order valence-corrected chi connectivity index (χ0v) is 30.9. The Morgan fingerprint density at radius 3 is 2.54 bits per heavy atom. The Hall–Kier alpha value is -3.87. The number of aliphatic hydroxyl groups excluding tert-OH is 1. The third kappa shape index (κ3) is 5.00. The van der Waals surface area contributed by atoms with E-state index in [-0.39, 0.29) is 43.3 Å². The second-order valence-electron chi connectivity index (χ2n) is 14.7. The molecule has 4 aliphatic rings. The van der Waals surface area contributed by atoms with Crippen LogP contribution >= 0.6 is 15.9 Å². The van der Waals surface area contributed by atoms with E-state index in [1.165, 1.54) is 0 Å². The van der Waals surface area contributed by atoms with Crippen LogP contribution in [0.5, 0.6) is 0 Å². The van der Waals surface area contributed by atoms with E-state index in [1.54, 1.807) is 14.7 Å². The van der Waals surface area contributed by atoms with Gasteiger partial charge in [-0.1, -0.05) is 59.3 Å². The van der Waals surface area contributed by atoms with Crippen molar-refractivity contribution in [1.82, 2.24) is 4.90 Å². The number of hydrogen-bond donors (Lipinski definition) is 2. The highest BCUT2D eigenvalue weighted by Crippen LogP contribution is 2.60. The summed E-state index contributed by atoms with van der Waals surface area (Å²) in [5.41, 5.74) is 2.69. The Kier molecular flexibility index (Phi) is 8.07. The summed E-state index contributed by atoms with van der Waals surface area (Å²) < 4.78 is 7.70. The summed E-state index contributed by atoms with van der Waals surface area (Å²) in [5.74, 6) is -0.861. The molecule has 1 spiro atoms.